The summed E-state index contributed by atoms with van der Waals surface area (Å²) in [5.74, 6) is 2.02. The van der Waals surface area contributed by atoms with E-state index >= 15 is 0 Å². The van der Waals surface area contributed by atoms with E-state index in [9.17, 15) is 0 Å². The molecule has 1 nitrogen and oxygen atoms in total. The third-order valence-corrected chi connectivity index (χ3v) is 4.52. The summed E-state index contributed by atoms with van der Waals surface area (Å²) in [6.45, 7) is 10.5. The van der Waals surface area contributed by atoms with Crippen LogP contribution in [0, 0.1) is 34.6 Å². The van der Waals surface area contributed by atoms with Crippen molar-refractivity contribution in [2.45, 2.75) is 39.4 Å². The standard InChI is InChI=1S/C16H19BrO/c1-9-6-7-14(10(2)8-9)16(17)15-11(3)12(4)18-13(15)5/h6-8,16H,1-5H3. The molecular formula is C16H19BrO. The number of rotatable bonds is 2. The van der Waals surface area contributed by atoms with Gasteiger partial charge < -0.3 is 4.42 Å². The van der Waals surface area contributed by atoms with Crippen LogP contribution in [0.4, 0.5) is 0 Å². The number of hydrogen-bond donors (Lipinski definition) is 0. The number of benzene rings is 1. The van der Waals surface area contributed by atoms with E-state index < -0.39 is 0 Å². The average Bonchev–Trinajstić information content (AvgIpc) is 2.52. The topological polar surface area (TPSA) is 13.1 Å². The van der Waals surface area contributed by atoms with E-state index in [-0.39, 0.29) is 4.83 Å². The maximum absolute atomic E-state index is 5.72. The first-order valence-corrected chi connectivity index (χ1v) is 7.11. The lowest BCUT2D eigenvalue weighted by Crippen LogP contribution is -1.98. The Morgan fingerprint density at radius 1 is 1.00 bits per heavy atom. The molecule has 0 saturated carbocycles. The highest BCUT2D eigenvalue weighted by Crippen LogP contribution is 2.38. The van der Waals surface area contributed by atoms with Crippen LogP contribution in [0.25, 0.3) is 0 Å². The summed E-state index contributed by atoms with van der Waals surface area (Å²) in [5, 5.41) is 0. The van der Waals surface area contributed by atoms with Gasteiger partial charge in [-0.3, -0.25) is 0 Å². The second kappa shape index (κ2) is 4.93. The van der Waals surface area contributed by atoms with E-state index in [0.717, 1.165) is 11.5 Å². The fourth-order valence-electron chi connectivity index (χ4n) is 2.45. The van der Waals surface area contributed by atoms with Crippen molar-refractivity contribution >= 4 is 15.9 Å². The van der Waals surface area contributed by atoms with Crippen LogP contribution in [0.2, 0.25) is 0 Å². The van der Waals surface area contributed by atoms with Crippen molar-refractivity contribution in [3.63, 3.8) is 0 Å². The molecule has 1 unspecified atom stereocenters. The minimum absolute atomic E-state index is 0.204. The molecule has 18 heavy (non-hydrogen) atoms. The summed E-state index contributed by atoms with van der Waals surface area (Å²) in [5.41, 5.74) is 6.43. The summed E-state index contributed by atoms with van der Waals surface area (Å²) in [4.78, 5) is 0.204. The molecule has 1 aromatic carbocycles. The van der Waals surface area contributed by atoms with Crippen molar-refractivity contribution < 1.29 is 4.42 Å². The van der Waals surface area contributed by atoms with Crippen LogP contribution in [0.1, 0.15) is 44.2 Å². The van der Waals surface area contributed by atoms with Gasteiger partial charge in [0.1, 0.15) is 11.5 Å². The molecule has 2 aromatic rings. The number of halogens is 1. The van der Waals surface area contributed by atoms with Gasteiger partial charge in [-0.25, -0.2) is 0 Å². The Morgan fingerprint density at radius 3 is 2.17 bits per heavy atom. The van der Waals surface area contributed by atoms with Gasteiger partial charge in [-0.05, 0) is 51.3 Å². The van der Waals surface area contributed by atoms with E-state index in [0.29, 0.717) is 0 Å². The zero-order valence-electron chi connectivity index (χ0n) is 11.6. The molecule has 1 heterocycles. The molecule has 0 aliphatic heterocycles. The molecule has 0 aliphatic rings. The Morgan fingerprint density at radius 2 is 1.67 bits per heavy atom. The molecule has 0 spiro atoms. The number of alkyl halides is 1. The highest BCUT2D eigenvalue weighted by Gasteiger charge is 2.21. The van der Waals surface area contributed by atoms with E-state index in [4.69, 9.17) is 4.42 Å². The van der Waals surface area contributed by atoms with Crippen LogP contribution < -0.4 is 0 Å². The Kier molecular flexibility index (Phi) is 3.67. The van der Waals surface area contributed by atoms with Crippen LogP contribution in [-0.2, 0) is 0 Å². The van der Waals surface area contributed by atoms with Gasteiger partial charge >= 0.3 is 0 Å². The summed E-state index contributed by atoms with van der Waals surface area (Å²) in [7, 11) is 0. The molecular weight excluding hydrogens is 288 g/mol. The maximum Gasteiger partial charge on any atom is 0.106 e. The van der Waals surface area contributed by atoms with Crippen molar-refractivity contribution in [1.29, 1.82) is 0 Å². The molecule has 96 valence electrons. The van der Waals surface area contributed by atoms with Crippen molar-refractivity contribution in [2.75, 3.05) is 0 Å². The van der Waals surface area contributed by atoms with Gasteiger partial charge in [-0.1, -0.05) is 39.7 Å². The van der Waals surface area contributed by atoms with Gasteiger partial charge in [0.25, 0.3) is 0 Å². The van der Waals surface area contributed by atoms with Crippen molar-refractivity contribution in [3.8, 4) is 0 Å². The first-order chi connectivity index (χ1) is 8.41. The highest BCUT2D eigenvalue weighted by molar-refractivity contribution is 9.09. The molecule has 0 aliphatic carbocycles. The first-order valence-electron chi connectivity index (χ1n) is 6.19. The summed E-state index contributed by atoms with van der Waals surface area (Å²) >= 11 is 3.82. The zero-order valence-corrected chi connectivity index (χ0v) is 13.2. The minimum Gasteiger partial charge on any atom is -0.466 e. The quantitative estimate of drug-likeness (QED) is 0.686. The molecule has 1 aromatic heterocycles. The van der Waals surface area contributed by atoms with Gasteiger partial charge in [0.15, 0.2) is 0 Å². The molecule has 1 atom stereocenters. The minimum atomic E-state index is 0.204. The monoisotopic (exact) mass is 306 g/mol. The lowest BCUT2D eigenvalue weighted by atomic mass is 9.96. The normalized spacial score (nSPS) is 12.8. The van der Waals surface area contributed by atoms with Gasteiger partial charge in [-0.2, -0.15) is 0 Å². The molecule has 0 amide bonds. The van der Waals surface area contributed by atoms with Gasteiger partial charge in [0, 0.05) is 5.56 Å². The molecule has 0 saturated heterocycles. The second-order valence-corrected chi connectivity index (χ2v) is 5.89. The van der Waals surface area contributed by atoms with Crippen LogP contribution in [0.5, 0.6) is 0 Å². The number of aryl methyl sites for hydroxylation is 4. The number of furan rings is 1. The fourth-order valence-corrected chi connectivity index (χ4v) is 3.63. The molecule has 2 rings (SSSR count). The summed E-state index contributed by atoms with van der Waals surface area (Å²) < 4.78 is 5.72. The van der Waals surface area contributed by atoms with Crippen molar-refractivity contribution in [3.05, 3.63) is 57.5 Å². The first kappa shape index (κ1) is 13.4. The molecule has 2 heteroatoms. The third kappa shape index (κ3) is 2.26. The van der Waals surface area contributed by atoms with Crippen LogP contribution >= 0.6 is 15.9 Å². The summed E-state index contributed by atoms with van der Waals surface area (Å²) in [6.07, 6.45) is 0. The number of hydrogen-bond acceptors (Lipinski definition) is 1. The zero-order chi connectivity index (χ0) is 13.4. The smallest absolute Gasteiger partial charge is 0.106 e. The van der Waals surface area contributed by atoms with Crippen LogP contribution in [-0.4, -0.2) is 0 Å². The fraction of sp³-hybridized carbons (Fsp3) is 0.375. The van der Waals surface area contributed by atoms with Crippen LogP contribution in [0.15, 0.2) is 22.6 Å². The molecule has 0 bridgehead atoms. The van der Waals surface area contributed by atoms with E-state index in [1.165, 1.54) is 27.8 Å². The molecule has 0 radical (unpaired) electrons. The molecule has 0 fully saturated rings. The summed E-state index contributed by atoms with van der Waals surface area (Å²) in [6, 6.07) is 6.58. The van der Waals surface area contributed by atoms with E-state index in [1.54, 1.807) is 0 Å². The van der Waals surface area contributed by atoms with Crippen molar-refractivity contribution in [1.82, 2.24) is 0 Å². The predicted molar refractivity (Wildman–Crippen MR) is 79.6 cm³/mol. The largest absolute Gasteiger partial charge is 0.466 e. The van der Waals surface area contributed by atoms with Gasteiger partial charge in [0.2, 0.25) is 0 Å². The van der Waals surface area contributed by atoms with E-state index in [2.05, 4.69) is 54.9 Å². The van der Waals surface area contributed by atoms with E-state index in [1.807, 2.05) is 13.8 Å². The van der Waals surface area contributed by atoms with Crippen molar-refractivity contribution in [2.24, 2.45) is 0 Å². The Balaban J connectivity index is 2.51. The van der Waals surface area contributed by atoms with Crippen LogP contribution in [0.3, 0.4) is 0 Å². The lowest BCUT2D eigenvalue weighted by molar-refractivity contribution is 0.500. The second-order valence-electron chi connectivity index (χ2n) is 4.98. The Labute approximate surface area is 117 Å². The molecule has 0 N–H and O–H groups in total. The third-order valence-electron chi connectivity index (χ3n) is 3.57. The van der Waals surface area contributed by atoms with Gasteiger partial charge in [-0.15, -0.1) is 0 Å². The SMILES string of the molecule is Cc1ccc(C(Br)c2c(C)oc(C)c2C)c(C)c1. The predicted octanol–water partition coefficient (Wildman–Crippen LogP) is 5.31. The highest BCUT2D eigenvalue weighted by atomic mass is 79.9. The van der Waals surface area contributed by atoms with Gasteiger partial charge in [0.05, 0.1) is 4.83 Å². The lowest BCUT2D eigenvalue weighted by Gasteiger charge is -2.14. The average molecular weight is 307 g/mol. The Hall–Kier alpha value is -1.02. The maximum atomic E-state index is 5.72. The Bertz CT molecular complexity index is 581.